The molecule has 0 aliphatic heterocycles. The summed E-state index contributed by atoms with van der Waals surface area (Å²) in [5, 5.41) is 14.6. The van der Waals surface area contributed by atoms with Gasteiger partial charge in [-0.15, -0.1) is 10.2 Å². The van der Waals surface area contributed by atoms with Gasteiger partial charge in [-0.2, -0.15) is 0 Å². The van der Waals surface area contributed by atoms with Gasteiger partial charge < -0.3 is 10.6 Å². The fourth-order valence-corrected chi connectivity index (χ4v) is 3.32. The summed E-state index contributed by atoms with van der Waals surface area (Å²) in [5.41, 5.74) is 0.994. The van der Waals surface area contributed by atoms with E-state index in [1.165, 1.54) is 35.2 Å². The van der Waals surface area contributed by atoms with Gasteiger partial charge in [0.2, 0.25) is 11.0 Å². The molecule has 0 fully saturated rings. The Balaban J connectivity index is 1.66. The third-order valence-electron chi connectivity index (χ3n) is 2.71. The summed E-state index contributed by atoms with van der Waals surface area (Å²) in [7, 11) is 0. The van der Waals surface area contributed by atoms with Gasteiger partial charge in [-0.3, -0.25) is 4.79 Å². The molecule has 22 heavy (non-hydrogen) atoms. The van der Waals surface area contributed by atoms with Crippen molar-refractivity contribution in [1.29, 1.82) is 0 Å². The molecule has 0 spiro atoms. The second-order valence-corrected chi connectivity index (χ2v) is 6.62. The molecule has 1 heterocycles. The normalized spacial score (nSPS) is 10.5. The number of hydrogen-bond acceptors (Lipinski definition) is 6. The van der Waals surface area contributed by atoms with Gasteiger partial charge in [0.25, 0.3) is 0 Å². The lowest BCUT2D eigenvalue weighted by atomic mass is 10.1. The predicted molar refractivity (Wildman–Crippen MR) is 87.9 cm³/mol. The van der Waals surface area contributed by atoms with Crippen LogP contribution in [-0.2, 0) is 11.2 Å². The van der Waals surface area contributed by atoms with Crippen molar-refractivity contribution >= 4 is 34.1 Å². The van der Waals surface area contributed by atoms with Gasteiger partial charge in [0, 0.05) is 13.1 Å². The molecule has 0 bridgehead atoms. The zero-order valence-corrected chi connectivity index (χ0v) is 13.8. The lowest BCUT2D eigenvalue weighted by Crippen LogP contribution is -2.27. The van der Waals surface area contributed by atoms with Crippen molar-refractivity contribution in [3.63, 3.8) is 0 Å². The number of carbonyl (C=O) groups is 1. The Morgan fingerprint density at radius 3 is 2.82 bits per heavy atom. The van der Waals surface area contributed by atoms with Crippen LogP contribution in [0.3, 0.4) is 0 Å². The standard InChI is InChI=1S/C14H17FN4OS2/c1-2-16-13-18-19-14(22-13)21-9-12(20)17-8-7-10-3-5-11(15)6-4-10/h3-6H,2,7-9H2,1H3,(H,16,18)(H,17,20). The molecule has 1 aromatic heterocycles. The molecule has 2 rings (SSSR count). The maximum atomic E-state index is 12.8. The molecule has 0 aliphatic carbocycles. The van der Waals surface area contributed by atoms with Crippen LogP contribution in [0.5, 0.6) is 0 Å². The smallest absolute Gasteiger partial charge is 0.230 e. The molecule has 0 saturated carbocycles. The van der Waals surface area contributed by atoms with Crippen LogP contribution in [0.1, 0.15) is 12.5 Å². The van der Waals surface area contributed by atoms with Crippen LogP contribution in [0.4, 0.5) is 9.52 Å². The van der Waals surface area contributed by atoms with E-state index in [-0.39, 0.29) is 11.7 Å². The van der Waals surface area contributed by atoms with E-state index >= 15 is 0 Å². The summed E-state index contributed by atoms with van der Waals surface area (Å²) in [6, 6.07) is 6.29. The molecule has 0 saturated heterocycles. The van der Waals surface area contributed by atoms with E-state index in [2.05, 4.69) is 20.8 Å². The van der Waals surface area contributed by atoms with Crippen LogP contribution in [0.2, 0.25) is 0 Å². The largest absolute Gasteiger partial charge is 0.360 e. The van der Waals surface area contributed by atoms with Crippen molar-refractivity contribution in [3.05, 3.63) is 35.6 Å². The maximum Gasteiger partial charge on any atom is 0.230 e. The highest BCUT2D eigenvalue weighted by atomic mass is 32.2. The zero-order valence-electron chi connectivity index (χ0n) is 12.1. The van der Waals surface area contributed by atoms with Crippen LogP contribution in [0.15, 0.2) is 28.6 Å². The highest BCUT2D eigenvalue weighted by Crippen LogP contribution is 2.24. The molecule has 0 radical (unpaired) electrons. The second kappa shape index (κ2) is 8.70. The molecule has 8 heteroatoms. The van der Waals surface area contributed by atoms with E-state index in [9.17, 15) is 9.18 Å². The van der Waals surface area contributed by atoms with Crippen LogP contribution in [0, 0.1) is 5.82 Å². The minimum atomic E-state index is -0.252. The van der Waals surface area contributed by atoms with Crippen LogP contribution >= 0.6 is 23.1 Å². The van der Waals surface area contributed by atoms with Crippen molar-refractivity contribution in [2.24, 2.45) is 0 Å². The molecule has 118 valence electrons. The van der Waals surface area contributed by atoms with E-state index in [4.69, 9.17) is 0 Å². The number of thioether (sulfide) groups is 1. The average Bonchev–Trinajstić information content (AvgIpc) is 2.95. The molecule has 1 amide bonds. The minimum absolute atomic E-state index is 0.0488. The first-order valence-corrected chi connectivity index (χ1v) is 8.69. The summed E-state index contributed by atoms with van der Waals surface area (Å²) >= 11 is 2.80. The van der Waals surface area contributed by atoms with Gasteiger partial charge >= 0.3 is 0 Å². The Bertz CT molecular complexity index is 603. The number of amides is 1. The van der Waals surface area contributed by atoms with Crippen LogP contribution in [0.25, 0.3) is 0 Å². The number of halogens is 1. The lowest BCUT2D eigenvalue weighted by Gasteiger charge is -2.04. The number of nitrogens with one attached hydrogen (secondary N) is 2. The van der Waals surface area contributed by atoms with E-state index < -0.39 is 0 Å². The third kappa shape index (κ3) is 5.61. The summed E-state index contributed by atoms with van der Waals surface area (Å²) in [6.45, 7) is 3.32. The Morgan fingerprint density at radius 1 is 1.32 bits per heavy atom. The number of aromatic nitrogens is 2. The first-order chi connectivity index (χ1) is 10.7. The van der Waals surface area contributed by atoms with E-state index in [1.807, 2.05) is 6.92 Å². The average molecular weight is 340 g/mol. The summed E-state index contributed by atoms with van der Waals surface area (Å²) in [5.74, 6) is 0.00922. The monoisotopic (exact) mass is 340 g/mol. The van der Waals surface area contributed by atoms with Crippen molar-refractivity contribution in [1.82, 2.24) is 15.5 Å². The quantitative estimate of drug-likeness (QED) is 0.723. The van der Waals surface area contributed by atoms with Gasteiger partial charge in [0.15, 0.2) is 4.34 Å². The molecule has 0 unspecified atom stereocenters. The number of hydrogen-bond donors (Lipinski definition) is 2. The second-order valence-electron chi connectivity index (χ2n) is 4.42. The third-order valence-corrected chi connectivity index (χ3v) is 4.72. The number of nitrogens with zero attached hydrogens (tertiary/aromatic N) is 2. The van der Waals surface area contributed by atoms with E-state index in [0.717, 1.165) is 21.6 Å². The zero-order chi connectivity index (χ0) is 15.8. The lowest BCUT2D eigenvalue weighted by molar-refractivity contribution is -0.118. The Labute approximate surface area is 136 Å². The van der Waals surface area contributed by atoms with Gasteiger partial charge in [-0.1, -0.05) is 35.2 Å². The molecule has 0 aliphatic rings. The highest BCUT2D eigenvalue weighted by Gasteiger charge is 2.07. The molecule has 2 N–H and O–H groups in total. The van der Waals surface area contributed by atoms with Crippen molar-refractivity contribution in [2.75, 3.05) is 24.2 Å². The topological polar surface area (TPSA) is 66.9 Å². The van der Waals surface area contributed by atoms with Crippen LogP contribution < -0.4 is 10.6 Å². The summed E-state index contributed by atoms with van der Waals surface area (Å²) in [4.78, 5) is 11.7. The van der Waals surface area contributed by atoms with E-state index in [1.54, 1.807) is 12.1 Å². The van der Waals surface area contributed by atoms with Crippen LogP contribution in [-0.4, -0.2) is 34.9 Å². The van der Waals surface area contributed by atoms with Gasteiger partial charge in [-0.05, 0) is 31.0 Å². The summed E-state index contributed by atoms with van der Waals surface area (Å²) < 4.78 is 13.5. The predicted octanol–water partition coefficient (Wildman–Crippen LogP) is 2.56. The number of benzene rings is 1. The SMILES string of the molecule is CCNc1nnc(SCC(=O)NCCc2ccc(F)cc2)s1. The van der Waals surface area contributed by atoms with Gasteiger partial charge in [0.05, 0.1) is 5.75 Å². The minimum Gasteiger partial charge on any atom is -0.360 e. The van der Waals surface area contributed by atoms with Crippen molar-refractivity contribution in [2.45, 2.75) is 17.7 Å². The van der Waals surface area contributed by atoms with Gasteiger partial charge in [-0.25, -0.2) is 4.39 Å². The van der Waals surface area contributed by atoms with Gasteiger partial charge in [0.1, 0.15) is 5.82 Å². The fraction of sp³-hybridized carbons (Fsp3) is 0.357. The van der Waals surface area contributed by atoms with E-state index in [0.29, 0.717) is 18.7 Å². The molecule has 1 aromatic carbocycles. The molecule has 5 nitrogen and oxygen atoms in total. The van der Waals surface area contributed by atoms with Crippen molar-refractivity contribution in [3.8, 4) is 0 Å². The molecular formula is C14H17FN4OS2. The maximum absolute atomic E-state index is 12.8. The van der Waals surface area contributed by atoms with Crippen molar-refractivity contribution < 1.29 is 9.18 Å². The number of anilines is 1. The first kappa shape index (κ1) is 16.7. The molecular weight excluding hydrogens is 323 g/mol. The Morgan fingerprint density at radius 2 is 2.09 bits per heavy atom. The number of rotatable bonds is 8. The fourth-order valence-electron chi connectivity index (χ4n) is 1.67. The Hall–Kier alpha value is -1.67. The molecule has 2 aromatic rings. The molecule has 0 atom stereocenters. The number of carbonyl (C=O) groups excluding carboxylic acids is 1. The first-order valence-electron chi connectivity index (χ1n) is 6.88. The highest BCUT2D eigenvalue weighted by molar-refractivity contribution is 8.01. The summed E-state index contributed by atoms with van der Waals surface area (Å²) in [6.07, 6.45) is 0.681. The Kier molecular flexibility index (Phi) is 6.60.